The van der Waals surface area contributed by atoms with Crippen molar-refractivity contribution in [3.63, 3.8) is 0 Å². The molecule has 2 heterocycles. The van der Waals surface area contributed by atoms with E-state index in [9.17, 15) is 29.7 Å². The summed E-state index contributed by atoms with van der Waals surface area (Å²) in [5.74, 6) is -2.32. The van der Waals surface area contributed by atoms with Crippen LogP contribution in [-0.4, -0.2) is 58.4 Å². The summed E-state index contributed by atoms with van der Waals surface area (Å²) in [6, 6.07) is 3.03. The first kappa shape index (κ1) is 21.2. The van der Waals surface area contributed by atoms with Gasteiger partial charge in [0.05, 0.1) is 25.0 Å². The summed E-state index contributed by atoms with van der Waals surface area (Å²) in [6.07, 6.45) is -2.55. The fourth-order valence-electron chi connectivity index (χ4n) is 3.38. The summed E-state index contributed by atoms with van der Waals surface area (Å²) in [6.45, 7) is 1.73. The largest absolute Gasteiger partial charge is 0.507 e. The van der Waals surface area contributed by atoms with Crippen LogP contribution in [0.25, 0.3) is 11.0 Å². The molecule has 1 aliphatic rings. The van der Waals surface area contributed by atoms with Gasteiger partial charge in [-0.2, -0.15) is 0 Å². The number of carbonyl (C=O) groups is 2. The van der Waals surface area contributed by atoms with Crippen LogP contribution in [-0.2, 0) is 25.5 Å². The number of aryl methyl sites for hydroxylation is 1. The molecule has 29 heavy (non-hydrogen) atoms. The maximum absolute atomic E-state index is 12.9. The Kier molecular flexibility index (Phi) is 5.61. The molecule has 0 radical (unpaired) electrons. The lowest BCUT2D eigenvalue weighted by molar-refractivity contribution is -0.169. The number of hydrogen-bond donors (Lipinski definition) is 3. The zero-order chi connectivity index (χ0) is 21.5. The molecule has 2 aromatic rings. The molecule has 0 fully saturated rings. The second-order valence-electron chi connectivity index (χ2n) is 6.82. The molecule has 10 heteroatoms. The van der Waals surface area contributed by atoms with Crippen LogP contribution in [0.4, 0.5) is 0 Å². The van der Waals surface area contributed by atoms with Crippen molar-refractivity contribution in [2.75, 3.05) is 14.2 Å². The molecule has 0 bridgehead atoms. The van der Waals surface area contributed by atoms with Crippen molar-refractivity contribution < 1.29 is 38.8 Å². The highest BCUT2D eigenvalue weighted by Crippen LogP contribution is 2.44. The monoisotopic (exact) mass is 424 g/mol. The van der Waals surface area contributed by atoms with Crippen molar-refractivity contribution in [2.45, 2.75) is 41.8 Å². The van der Waals surface area contributed by atoms with Gasteiger partial charge < -0.3 is 29.2 Å². The molecule has 0 amide bonds. The summed E-state index contributed by atoms with van der Waals surface area (Å²) >= 11 is 0.926. The number of rotatable bonds is 5. The van der Waals surface area contributed by atoms with Gasteiger partial charge >= 0.3 is 11.9 Å². The van der Waals surface area contributed by atoms with Gasteiger partial charge in [0.15, 0.2) is 16.8 Å². The van der Waals surface area contributed by atoms with Crippen LogP contribution in [0, 0.1) is 6.92 Å². The molecule has 1 aromatic carbocycles. The zero-order valence-corrected chi connectivity index (χ0v) is 16.7. The minimum atomic E-state index is -2.29. The highest BCUT2D eigenvalue weighted by Gasteiger charge is 2.51. The van der Waals surface area contributed by atoms with Gasteiger partial charge in [-0.25, -0.2) is 9.59 Å². The number of phenolic OH excluding ortho intramolecular Hbond substituents is 1. The van der Waals surface area contributed by atoms with Crippen molar-refractivity contribution >= 4 is 34.7 Å². The summed E-state index contributed by atoms with van der Waals surface area (Å²) < 4.78 is 14.9. The van der Waals surface area contributed by atoms with Crippen LogP contribution < -0.4 is 5.43 Å². The number of esters is 2. The Balaban J connectivity index is 2.04. The van der Waals surface area contributed by atoms with Crippen molar-refractivity contribution in [1.82, 2.24) is 0 Å². The highest BCUT2D eigenvalue weighted by atomic mass is 32.2. The molecule has 0 spiro atoms. The lowest BCUT2D eigenvalue weighted by atomic mass is 9.88. The average Bonchev–Trinajstić information content (AvgIpc) is 3.10. The SMILES string of the molecule is COC(=O)[C@H](O)C[C@@](O)(C(=O)OC)[C@H]1Cc2c(oc3cc(C)cc(O)c3c2=O)S1. The summed E-state index contributed by atoms with van der Waals surface area (Å²) in [5, 5.41) is 30.4. The van der Waals surface area contributed by atoms with Crippen molar-refractivity contribution in [3.05, 3.63) is 33.5 Å². The van der Waals surface area contributed by atoms with Gasteiger partial charge in [0.25, 0.3) is 0 Å². The normalized spacial score (nSPS) is 18.7. The highest BCUT2D eigenvalue weighted by molar-refractivity contribution is 8.00. The number of carbonyl (C=O) groups excluding carboxylic acids is 2. The number of phenols is 1. The third kappa shape index (κ3) is 3.59. The van der Waals surface area contributed by atoms with E-state index in [0.29, 0.717) is 5.56 Å². The Morgan fingerprint density at radius 2 is 2.03 bits per heavy atom. The van der Waals surface area contributed by atoms with Crippen LogP contribution in [0.2, 0.25) is 0 Å². The minimum Gasteiger partial charge on any atom is -0.507 e. The number of thioether (sulfide) groups is 1. The maximum atomic E-state index is 12.9. The third-order valence-corrected chi connectivity index (χ3v) is 6.25. The second kappa shape index (κ2) is 7.69. The van der Waals surface area contributed by atoms with E-state index in [-0.39, 0.29) is 33.8 Å². The van der Waals surface area contributed by atoms with E-state index < -0.39 is 40.7 Å². The van der Waals surface area contributed by atoms with Gasteiger partial charge in [0, 0.05) is 6.42 Å². The Labute approximate surface area is 169 Å². The second-order valence-corrected chi connectivity index (χ2v) is 8.00. The molecule has 0 saturated carbocycles. The summed E-state index contributed by atoms with van der Waals surface area (Å²) in [4.78, 5) is 36.8. The minimum absolute atomic E-state index is 0.00630. The first-order valence-electron chi connectivity index (χ1n) is 8.65. The number of benzene rings is 1. The number of methoxy groups -OCH3 is 2. The number of fused-ring (bicyclic) bond motifs is 2. The quantitative estimate of drug-likeness (QED) is 0.585. The standard InChI is InChI=1S/C19H20O9S/c1-8-4-10(20)14-12(5-8)28-17-9(15(14)22)6-13(29-17)19(25,18(24)27-3)7-11(21)16(23)26-2/h4-5,11,13,20-21,25H,6-7H2,1-3H3/t11-,13-,19+/m1/s1. The van der Waals surface area contributed by atoms with Gasteiger partial charge in [-0.15, -0.1) is 0 Å². The molecule has 0 aliphatic carbocycles. The van der Waals surface area contributed by atoms with Crippen LogP contribution in [0.3, 0.4) is 0 Å². The fraction of sp³-hybridized carbons (Fsp3) is 0.421. The van der Waals surface area contributed by atoms with Crippen LogP contribution >= 0.6 is 11.8 Å². The van der Waals surface area contributed by atoms with Crippen molar-refractivity contribution in [3.8, 4) is 5.75 Å². The number of aliphatic hydroxyl groups is 2. The van der Waals surface area contributed by atoms with Gasteiger partial charge in [-0.1, -0.05) is 11.8 Å². The molecule has 0 saturated heterocycles. The first-order valence-corrected chi connectivity index (χ1v) is 9.53. The number of aromatic hydroxyl groups is 1. The molecule has 3 atom stereocenters. The lowest BCUT2D eigenvalue weighted by Crippen LogP contribution is -2.52. The Bertz CT molecular complexity index is 1040. The van der Waals surface area contributed by atoms with Crippen molar-refractivity contribution in [2.24, 2.45) is 0 Å². The molecular weight excluding hydrogens is 404 g/mol. The fourth-order valence-corrected chi connectivity index (χ4v) is 4.73. The smallest absolute Gasteiger partial charge is 0.339 e. The first-order chi connectivity index (χ1) is 13.6. The van der Waals surface area contributed by atoms with Gasteiger partial charge in [-0.3, -0.25) is 4.79 Å². The Morgan fingerprint density at radius 3 is 2.66 bits per heavy atom. The molecular formula is C19H20O9S. The van der Waals surface area contributed by atoms with Gasteiger partial charge in [-0.05, 0) is 31.0 Å². The molecule has 0 unspecified atom stereocenters. The molecule has 1 aromatic heterocycles. The topological polar surface area (TPSA) is 144 Å². The Hall–Kier alpha value is -2.56. The number of aliphatic hydroxyl groups excluding tert-OH is 1. The van der Waals surface area contributed by atoms with E-state index in [1.807, 2.05) is 0 Å². The van der Waals surface area contributed by atoms with E-state index in [1.165, 1.54) is 6.07 Å². The van der Waals surface area contributed by atoms with Crippen molar-refractivity contribution in [1.29, 1.82) is 0 Å². The Morgan fingerprint density at radius 1 is 1.34 bits per heavy atom. The third-order valence-electron chi connectivity index (χ3n) is 4.86. The summed E-state index contributed by atoms with van der Waals surface area (Å²) in [7, 11) is 2.12. The van der Waals surface area contributed by atoms with E-state index >= 15 is 0 Å². The predicted molar refractivity (Wildman–Crippen MR) is 102 cm³/mol. The van der Waals surface area contributed by atoms with E-state index in [0.717, 1.165) is 26.0 Å². The summed E-state index contributed by atoms with van der Waals surface area (Å²) in [5.41, 5.74) is -1.73. The van der Waals surface area contributed by atoms with E-state index in [4.69, 9.17) is 4.42 Å². The number of hydrogen-bond acceptors (Lipinski definition) is 10. The maximum Gasteiger partial charge on any atom is 0.339 e. The van der Waals surface area contributed by atoms with Crippen LogP contribution in [0.5, 0.6) is 5.75 Å². The average molecular weight is 424 g/mol. The molecule has 3 rings (SSSR count). The van der Waals surface area contributed by atoms with Crippen LogP contribution in [0.15, 0.2) is 26.4 Å². The van der Waals surface area contributed by atoms with Crippen LogP contribution in [0.1, 0.15) is 17.5 Å². The van der Waals surface area contributed by atoms with Gasteiger partial charge in [0.1, 0.15) is 16.7 Å². The van der Waals surface area contributed by atoms with E-state index in [1.54, 1.807) is 13.0 Å². The van der Waals surface area contributed by atoms with E-state index in [2.05, 4.69) is 9.47 Å². The molecule has 1 aliphatic heterocycles. The molecule has 3 N–H and O–H groups in total. The molecule has 9 nitrogen and oxygen atoms in total. The predicted octanol–water partition coefficient (Wildman–Crippen LogP) is 0.652. The van der Waals surface area contributed by atoms with Gasteiger partial charge in [0.2, 0.25) is 5.43 Å². The zero-order valence-electron chi connectivity index (χ0n) is 15.9. The number of ether oxygens (including phenoxy) is 2. The molecule has 156 valence electrons. The lowest BCUT2D eigenvalue weighted by Gasteiger charge is -2.31.